The average Bonchev–Trinajstić information content (AvgIpc) is 3.27. The molecule has 40 heavy (non-hydrogen) atoms. The number of halogens is 2. The van der Waals surface area contributed by atoms with E-state index >= 15 is 0 Å². The number of ether oxygens (including phenoxy) is 1. The molecule has 0 bridgehead atoms. The number of carbonyl (C=O) groups excluding carboxylic acids is 1. The van der Waals surface area contributed by atoms with Crippen molar-refractivity contribution in [2.75, 3.05) is 31.1 Å². The molecule has 0 aromatic carbocycles. The Hall–Kier alpha value is -2.65. The zero-order valence-electron chi connectivity index (χ0n) is 22.8. The molecule has 6 rings (SSSR count). The van der Waals surface area contributed by atoms with Crippen LogP contribution in [0.25, 0.3) is 5.52 Å². The average molecular weight is 598 g/mol. The van der Waals surface area contributed by atoms with Crippen LogP contribution in [0.1, 0.15) is 58.2 Å². The third-order valence-corrected chi connectivity index (χ3v) is 10.4. The van der Waals surface area contributed by atoms with Crippen molar-refractivity contribution in [3.8, 4) is 0 Å². The zero-order chi connectivity index (χ0) is 28.7. The van der Waals surface area contributed by atoms with Gasteiger partial charge < -0.3 is 14.5 Å². The highest BCUT2D eigenvalue weighted by atomic mass is 32.2. The fourth-order valence-corrected chi connectivity index (χ4v) is 7.78. The van der Waals surface area contributed by atoms with Gasteiger partial charge in [-0.25, -0.2) is 31.7 Å². The minimum absolute atomic E-state index is 0.0744. The van der Waals surface area contributed by atoms with E-state index in [1.165, 1.54) is 6.20 Å². The maximum absolute atomic E-state index is 13.5. The highest BCUT2D eigenvalue weighted by molar-refractivity contribution is 8.14. The molecule has 1 aliphatic carbocycles. The number of rotatable bonds is 6. The summed E-state index contributed by atoms with van der Waals surface area (Å²) in [4.78, 5) is 20.9. The van der Waals surface area contributed by atoms with Gasteiger partial charge in [0.15, 0.2) is 10.4 Å². The topological polar surface area (TPSA) is 121 Å². The Kier molecular flexibility index (Phi) is 6.31. The summed E-state index contributed by atoms with van der Waals surface area (Å²) in [5, 5.41) is 2.70. The second-order valence-electron chi connectivity index (χ2n) is 12.5. The molecular formula is C25H33F2N7O4S2. The summed E-state index contributed by atoms with van der Waals surface area (Å²) >= 11 is 0.860. The lowest BCUT2D eigenvalue weighted by molar-refractivity contribution is -0.0266. The smallest absolute Gasteiger partial charge is 0.410 e. The number of fused-ring (bicyclic) bond motifs is 1. The van der Waals surface area contributed by atoms with E-state index < -0.39 is 33.0 Å². The fourth-order valence-electron chi connectivity index (χ4n) is 5.46. The lowest BCUT2D eigenvalue weighted by Gasteiger charge is -2.47. The first-order chi connectivity index (χ1) is 18.7. The van der Waals surface area contributed by atoms with E-state index in [1.54, 1.807) is 21.6 Å². The zero-order valence-corrected chi connectivity index (χ0v) is 24.4. The summed E-state index contributed by atoms with van der Waals surface area (Å²) < 4.78 is 63.4. The Morgan fingerprint density at radius 3 is 2.60 bits per heavy atom. The molecule has 2 aromatic heterocycles. The first kappa shape index (κ1) is 27.5. The van der Waals surface area contributed by atoms with Gasteiger partial charge in [-0.3, -0.25) is 9.83 Å². The van der Waals surface area contributed by atoms with Gasteiger partial charge in [-0.15, -0.1) is 0 Å². The van der Waals surface area contributed by atoms with Crippen molar-refractivity contribution < 1.29 is 26.7 Å². The number of nitrogens with zero attached hydrogens (tertiary/aromatic N) is 5. The summed E-state index contributed by atoms with van der Waals surface area (Å²) in [5.74, 6) is 0.379. The third kappa shape index (κ3) is 5.11. The molecule has 1 amide bonds. The van der Waals surface area contributed by atoms with Crippen LogP contribution in [-0.4, -0.2) is 77.6 Å². The number of alkyl halides is 2. The van der Waals surface area contributed by atoms with Gasteiger partial charge in [-0.2, -0.15) is 5.10 Å². The molecule has 0 radical (unpaired) electrons. The van der Waals surface area contributed by atoms with Crippen molar-refractivity contribution in [3.63, 3.8) is 0 Å². The number of hydrogen-bond donors (Lipinski definition) is 2. The standard InChI is InChI=1S/C25H33F2N7O4S2/c1-23(2,3)38-22(35)33-13-25(14-33)7-8-32(12-25)16-9-15(40(36,37)31-24(4)5-6-24)11-34-17(16)10-28-19(34)21-30-29-20(39-21)18(26)27/h9-11,18,21,30-31H,5-8,12-14H2,1-4H3. The van der Waals surface area contributed by atoms with Gasteiger partial charge in [0.1, 0.15) is 16.3 Å². The highest BCUT2D eigenvalue weighted by Gasteiger charge is 2.51. The number of hydrazone groups is 1. The van der Waals surface area contributed by atoms with E-state index in [9.17, 15) is 22.0 Å². The molecule has 2 saturated heterocycles. The molecule has 3 fully saturated rings. The number of likely N-dealkylation sites (tertiary alicyclic amines) is 1. The van der Waals surface area contributed by atoms with E-state index in [1.807, 2.05) is 27.7 Å². The SMILES string of the molecule is CC1(NS(=O)(=O)c2cc(N3CCC4(CN(C(=O)OC(C)(C)C)C4)C3)c3cnc(C4NN=C(C(F)F)S4)n3c2)CC1. The quantitative estimate of drug-likeness (QED) is 0.519. The Morgan fingerprint density at radius 1 is 1.25 bits per heavy atom. The monoisotopic (exact) mass is 597 g/mol. The Balaban J connectivity index is 1.30. The molecule has 218 valence electrons. The molecule has 3 aliphatic heterocycles. The molecule has 4 aliphatic rings. The molecule has 2 N–H and O–H groups in total. The summed E-state index contributed by atoms with van der Waals surface area (Å²) in [7, 11) is -3.87. The summed E-state index contributed by atoms with van der Waals surface area (Å²) in [5.41, 5.74) is 2.90. The largest absolute Gasteiger partial charge is 0.444 e. The van der Waals surface area contributed by atoms with Crippen LogP contribution in [0.4, 0.5) is 19.3 Å². The van der Waals surface area contributed by atoms with Crippen molar-refractivity contribution in [3.05, 3.63) is 24.3 Å². The van der Waals surface area contributed by atoms with Crippen molar-refractivity contribution in [1.29, 1.82) is 0 Å². The number of imidazole rings is 1. The lowest BCUT2D eigenvalue weighted by atomic mass is 9.79. The van der Waals surface area contributed by atoms with Crippen molar-refractivity contribution in [2.24, 2.45) is 10.5 Å². The van der Waals surface area contributed by atoms with Crippen LogP contribution >= 0.6 is 11.8 Å². The number of nitrogens with one attached hydrogen (secondary N) is 2. The Bertz CT molecular complexity index is 1490. The maximum atomic E-state index is 13.5. The number of amides is 1. The minimum atomic E-state index is -3.87. The molecule has 15 heteroatoms. The number of anilines is 1. The number of sulfonamides is 1. The third-order valence-electron chi connectivity index (χ3n) is 7.75. The number of aromatic nitrogens is 2. The maximum Gasteiger partial charge on any atom is 0.410 e. The van der Waals surface area contributed by atoms with E-state index in [0.717, 1.165) is 31.0 Å². The first-order valence-corrected chi connectivity index (χ1v) is 15.6. The van der Waals surface area contributed by atoms with Gasteiger partial charge in [0.25, 0.3) is 6.43 Å². The van der Waals surface area contributed by atoms with Crippen LogP contribution in [0.5, 0.6) is 0 Å². The van der Waals surface area contributed by atoms with Crippen LogP contribution < -0.4 is 15.0 Å². The predicted molar refractivity (Wildman–Crippen MR) is 147 cm³/mol. The summed E-state index contributed by atoms with van der Waals surface area (Å²) in [6, 6.07) is 1.66. The van der Waals surface area contributed by atoms with E-state index in [-0.39, 0.29) is 21.4 Å². The summed E-state index contributed by atoms with van der Waals surface area (Å²) in [6.45, 7) is 9.80. The van der Waals surface area contributed by atoms with E-state index in [4.69, 9.17) is 4.74 Å². The van der Waals surface area contributed by atoms with Gasteiger partial charge in [-0.1, -0.05) is 11.8 Å². The fraction of sp³-hybridized carbons (Fsp3) is 0.640. The normalized spacial score (nSPS) is 23.5. The molecule has 1 spiro atoms. The van der Waals surface area contributed by atoms with Crippen molar-refractivity contribution in [1.82, 2.24) is 24.4 Å². The Labute approximate surface area is 235 Å². The van der Waals surface area contributed by atoms with Gasteiger partial charge in [0, 0.05) is 43.3 Å². The number of hydrogen-bond acceptors (Lipinski definition) is 9. The highest BCUT2D eigenvalue weighted by Crippen LogP contribution is 2.44. The second kappa shape index (κ2) is 9.18. The van der Waals surface area contributed by atoms with Gasteiger partial charge in [0.2, 0.25) is 10.0 Å². The predicted octanol–water partition coefficient (Wildman–Crippen LogP) is 3.53. The van der Waals surface area contributed by atoms with E-state index in [2.05, 4.69) is 25.1 Å². The molecular weight excluding hydrogens is 564 g/mol. The lowest BCUT2D eigenvalue weighted by Crippen LogP contribution is -2.60. The van der Waals surface area contributed by atoms with Crippen LogP contribution in [0.3, 0.4) is 0 Å². The van der Waals surface area contributed by atoms with Gasteiger partial charge in [0.05, 0.1) is 17.4 Å². The number of pyridine rings is 1. The van der Waals surface area contributed by atoms with Crippen LogP contribution in [0.15, 0.2) is 28.5 Å². The van der Waals surface area contributed by atoms with Gasteiger partial charge in [-0.05, 0) is 53.0 Å². The van der Waals surface area contributed by atoms with Crippen molar-refractivity contribution >= 4 is 44.1 Å². The van der Waals surface area contributed by atoms with Crippen LogP contribution in [0, 0.1) is 5.41 Å². The van der Waals surface area contributed by atoms with Crippen molar-refractivity contribution in [2.45, 2.75) is 74.8 Å². The van der Waals surface area contributed by atoms with Gasteiger partial charge >= 0.3 is 6.09 Å². The number of thioether (sulfide) groups is 1. The molecule has 5 heterocycles. The Morgan fingerprint density at radius 2 is 1.98 bits per heavy atom. The van der Waals surface area contributed by atoms with Crippen LogP contribution in [0.2, 0.25) is 0 Å². The second-order valence-corrected chi connectivity index (χ2v) is 15.3. The molecule has 1 unspecified atom stereocenters. The molecule has 11 nitrogen and oxygen atoms in total. The minimum Gasteiger partial charge on any atom is -0.444 e. The first-order valence-electron chi connectivity index (χ1n) is 13.2. The summed E-state index contributed by atoms with van der Waals surface area (Å²) in [6.07, 6.45) is 2.44. The molecule has 1 atom stereocenters. The van der Waals surface area contributed by atoms with Crippen LogP contribution in [-0.2, 0) is 14.8 Å². The molecule has 2 aromatic rings. The molecule has 1 saturated carbocycles. The number of carbonyl (C=O) groups is 1. The van der Waals surface area contributed by atoms with E-state index in [0.29, 0.717) is 43.2 Å².